The van der Waals surface area contributed by atoms with Gasteiger partial charge in [0.15, 0.2) is 5.84 Å². The van der Waals surface area contributed by atoms with E-state index in [1.54, 1.807) is 6.07 Å². The van der Waals surface area contributed by atoms with Crippen LogP contribution in [-0.4, -0.2) is 11.5 Å². The summed E-state index contributed by atoms with van der Waals surface area (Å²) < 4.78 is 26.0. The van der Waals surface area contributed by atoms with Crippen LogP contribution in [0.2, 0.25) is 0 Å². The summed E-state index contributed by atoms with van der Waals surface area (Å²) in [5.74, 6) is -2.17. The van der Waals surface area contributed by atoms with Gasteiger partial charge in [-0.25, -0.2) is 8.78 Å². The van der Waals surface area contributed by atoms with Gasteiger partial charge in [-0.05, 0) is 15.9 Å². The fourth-order valence-electron chi connectivity index (χ4n) is 0.899. The molecule has 0 aliphatic heterocycles. The number of hydrazone groups is 1. The first-order chi connectivity index (χ1) is 7.95. The number of amidine groups is 1. The molecule has 4 N–H and O–H groups in total. The highest BCUT2D eigenvalue weighted by molar-refractivity contribution is 9.10. The Balaban J connectivity index is 3.05. The van der Waals surface area contributed by atoms with Gasteiger partial charge in [-0.3, -0.25) is 10.8 Å². The molecule has 0 aromatic heterocycles. The molecule has 8 heteroatoms. The van der Waals surface area contributed by atoms with Crippen molar-refractivity contribution in [3.05, 3.63) is 28.2 Å². The number of benzene rings is 1. The van der Waals surface area contributed by atoms with Crippen LogP contribution in [0.1, 0.15) is 0 Å². The van der Waals surface area contributed by atoms with Gasteiger partial charge >= 0.3 is 0 Å². The Morgan fingerprint density at radius 1 is 1.53 bits per heavy atom. The lowest BCUT2D eigenvalue weighted by Gasteiger charge is -2.05. The maximum atomic E-state index is 13.1. The molecule has 0 saturated heterocycles. The van der Waals surface area contributed by atoms with Crippen molar-refractivity contribution in [3.63, 3.8) is 0 Å². The largest absolute Gasteiger partial charge is 0.382 e. The molecule has 0 saturated carbocycles. The van der Waals surface area contributed by atoms with Gasteiger partial charge in [-0.1, -0.05) is 0 Å². The summed E-state index contributed by atoms with van der Waals surface area (Å²) in [5.41, 5.74) is 6.88. The molecule has 0 atom stereocenters. The minimum atomic E-state index is -0.816. The second kappa shape index (κ2) is 5.36. The van der Waals surface area contributed by atoms with Crippen LogP contribution in [-0.2, 0) is 0 Å². The maximum absolute atomic E-state index is 13.1. The van der Waals surface area contributed by atoms with Crippen molar-refractivity contribution in [2.45, 2.75) is 0 Å². The van der Waals surface area contributed by atoms with E-state index in [0.29, 0.717) is 6.07 Å². The van der Waals surface area contributed by atoms with E-state index < -0.39 is 17.5 Å². The van der Waals surface area contributed by atoms with Crippen LogP contribution < -0.4 is 11.2 Å². The first-order valence-corrected chi connectivity index (χ1v) is 4.97. The summed E-state index contributed by atoms with van der Waals surface area (Å²) in [6, 6.07) is 3.22. The molecule has 1 aromatic rings. The Morgan fingerprint density at radius 2 is 2.18 bits per heavy atom. The molecule has 0 spiro atoms. The Bertz CT molecular complexity index is 535. The lowest BCUT2D eigenvalue weighted by molar-refractivity contribution is 0.580. The van der Waals surface area contributed by atoms with Gasteiger partial charge < -0.3 is 5.73 Å². The topological polar surface area (TPSA) is 98.0 Å². The summed E-state index contributed by atoms with van der Waals surface area (Å²) in [5, 5.41) is 19.0. The Hall–Kier alpha value is -2.01. The number of hydrogen-bond acceptors (Lipinski definition) is 4. The molecule has 0 fully saturated rings. The number of anilines is 1. The molecule has 0 unspecified atom stereocenters. The van der Waals surface area contributed by atoms with E-state index in [-0.39, 0.29) is 15.9 Å². The molecule has 0 amide bonds. The van der Waals surface area contributed by atoms with Crippen molar-refractivity contribution in [2.75, 3.05) is 5.43 Å². The van der Waals surface area contributed by atoms with Gasteiger partial charge in [0.05, 0.1) is 10.2 Å². The molecular formula is C9H6BrF2N5. The molecule has 1 aromatic carbocycles. The number of nitriles is 1. The number of rotatable bonds is 3. The first-order valence-electron chi connectivity index (χ1n) is 4.18. The summed E-state index contributed by atoms with van der Waals surface area (Å²) in [4.78, 5) is 0. The average Bonchev–Trinajstić information content (AvgIpc) is 2.25. The van der Waals surface area contributed by atoms with Crippen LogP contribution in [0.5, 0.6) is 0 Å². The zero-order chi connectivity index (χ0) is 13.0. The maximum Gasteiger partial charge on any atom is 0.201 e. The van der Waals surface area contributed by atoms with Gasteiger partial charge in [0.1, 0.15) is 17.7 Å². The molecule has 1 rings (SSSR count). The van der Waals surface area contributed by atoms with Gasteiger partial charge in [-0.15, -0.1) is 0 Å². The van der Waals surface area contributed by atoms with Crippen LogP contribution in [0.3, 0.4) is 0 Å². The van der Waals surface area contributed by atoms with Crippen LogP contribution in [0.4, 0.5) is 14.5 Å². The smallest absolute Gasteiger partial charge is 0.201 e. The third kappa shape index (κ3) is 3.22. The molecule has 0 aliphatic rings. The average molecular weight is 302 g/mol. The molecule has 5 nitrogen and oxygen atoms in total. The minimum Gasteiger partial charge on any atom is -0.382 e. The minimum absolute atomic E-state index is 0.0171. The molecule has 0 bridgehead atoms. The van der Waals surface area contributed by atoms with Crippen molar-refractivity contribution in [2.24, 2.45) is 10.8 Å². The third-order valence-corrected chi connectivity index (χ3v) is 2.45. The standard InChI is InChI=1S/C9H6BrF2N5/c10-8-5(12)1-4(11)2-6(8)16-17-7(3-13)9(14)15/h1-2,16H,(H3,14,15)/b17-7+. The highest BCUT2D eigenvalue weighted by atomic mass is 79.9. The van der Waals surface area contributed by atoms with E-state index >= 15 is 0 Å². The second-order valence-corrected chi connectivity index (χ2v) is 3.64. The zero-order valence-electron chi connectivity index (χ0n) is 8.26. The lowest BCUT2D eigenvalue weighted by atomic mass is 10.3. The highest BCUT2D eigenvalue weighted by Gasteiger charge is 2.09. The van der Waals surface area contributed by atoms with Crippen molar-refractivity contribution in [1.82, 2.24) is 0 Å². The predicted molar refractivity (Wildman–Crippen MR) is 62.6 cm³/mol. The normalized spacial score (nSPS) is 10.8. The SMILES string of the molecule is N#C/C(=N\Nc1cc(F)cc(F)c1Br)C(=N)N. The number of hydrogen-bond donors (Lipinski definition) is 3. The Labute approximate surface area is 104 Å². The summed E-state index contributed by atoms with van der Waals surface area (Å²) in [7, 11) is 0. The van der Waals surface area contributed by atoms with Gasteiger partial charge in [0, 0.05) is 12.1 Å². The molecule has 0 radical (unpaired) electrons. The van der Waals surface area contributed by atoms with E-state index in [0.717, 1.165) is 6.07 Å². The lowest BCUT2D eigenvalue weighted by Crippen LogP contribution is -2.21. The summed E-state index contributed by atoms with van der Waals surface area (Å²) in [6.45, 7) is 0. The summed E-state index contributed by atoms with van der Waals surface area (Å²) in [6.07, 6.45) is 0. The van der Waals surface area contributed by atoms with E-state index in [9.17, 15) is 8.78 Å². The molecule has 0 heterocycles. The zero-order valence-corrected chi connectivity index (χ0v) is 9.85. The van der Waals surface area contributed by atoms with E-state index in [1.807, 2.05) is 0 Å². The van der Waals surface area contributed by atoms with Crippen LogP contribution in [0, 0.1) is 28.4 Å². The fraction of sp³-hybridized carbons (Fsp3) is 0. The van der Waals surface area contributed by atoms with Crippen molar-refractivity contribution >= 4 is 33.2 Å². The Kier molecular flexibility index (Phi) is 4.12. The number of nitrogens with one attached hydrogen (secondary N) is 2. The van der Waals surface area contributed by atoms with Crippen LogP contribution in [0.25, 0.3) is 0 Å². The van der Waals surface area contributed by atoms with Crippen molar-refractivity contribution in [3.8, 4) is 6.07 Å². The van der Waals surface area contributed by atoms with Crippen LogP contribution in [0.15, 0.2) is 21.7 Å². The quantitative estimate of drug-likeness (QED) is 0.344. The van der Waals surface area contributed by atoms with E-state index in [2.05, 4.69) is 26.5 Å². The molecule has 88 valence electrons. The number of nitrogens with two attached hydrogens (primary N) is 1. The van der Waals surface area contributed by atoms with Gasteiger partial charge in [0.25, 0.3) is 0 Å². The Morgan fingerprint density at radius 3 is 2.71 bits per heavy atom. The third-order valence-electron chi connectivity index (χ3n) is 1.64. The molecular weight excluding hydrogens is 296 g/mol. The van der Waals surface area contributed by atoms with Crippen LogP contribution >= 0.6 is 15.9 Å². The number of nitrogens with zero attached hydrogens (tertiary/aromatic N) is 2. The van der Waals surface area contributed by atoms with Gasteiger partial charge in [-0.2, -0.15) is 10.4 Å². The summed E-state index contributed by atoms with van der Waals surface area (Å²) >= 11 is 2.88. The molecule has 0 aliphatic carbocycles. The van der Waals surface area contributed by atoms with Gasteiger partial charge in [0.2, 0.25) is 5.71 Å². The first kappa shape index (κ1) is 13.1. The molecule has 17 heavy (non-hydrogen) atoms. The van der Waals surface area contributed by atoms with Crippen molar-refractivity contribution in [1.29, 1.82) is 10.7 Å². The number of halogens is 3. The predicted octanol–water partition coefficient (Wildman–Crippen LogP) is 1.95. The second-order valence-electron chi connectivity index (χ2n) is 2.85. The monoisotopic (exact) mass is 301 g/mol. The fourth-order valence-corrected chi connectivity index (χ4v) is 1.22. The van der Waals surface area contributed by atoms with E-state index in [1.165, 1.54) is 0 Å². The highest BCUT2D eigenvalue weighted by Crippen LogP contribution is 2.26. The van der Waals surface area contributed by atoms with E-state index in [4.69, 9.17) is 16.4 Å². The van der Waals surface area contributed by atoms with Crippen molar-refractivity contribution < 1.29 is 8.78 Å².